The van der Waals surface area contributed by atoms with Crippen LogP contribution in [0.3, 0.4) is 0 Å². The highest BCUT2D eigenvalue weighted by molar-refractivity contribution is 7.47. The minimum atomic E-state index is -5.00. The maximum absolute atomic E-state index is 13.1. The van der Waals surface area contributed by atoms with Gasteiger partial charge in [0.05, 0.1) is 32.8 Å². The van der Waals surface area contributed by atoms with Gasteiger partial charge in [-0.25, -0.2) is 9.13 Å². The van der Waals surface area contributed by atoms with Gasteiger partial charge in [0.15, 0.2) is 12.2 Å². The largest absolute Gasteiger partial charge is 0.472 e. The molecule has 0 rings (SSSR count). The molecule has 0 radical (unpaired) electrons. The van der Waals surface area contributed by atoms with Gasteiger partial charge in [-0.15, -0.1) is 0 Å². The third-order valence-corrected chi connectivity index (χ3v) is 18.0. The average Bonchev–Trinajstić information content (AvgIpc) is 0.909. The van der Waals surface area contributed by atoms with Crippen LogP contribution in [-0.2, 0) is 65.4 Å². The summed E-state index contributed by atoms with van der Waals surface area (Å²) in [6.07, 6.45) is 83.2. The molecule has 0 aliphatic rings. The number of rotatable bonds is 73. The van der Waals surface area contributed by atoms with E-state index < -0.39 is 97.5 Å². The number of esters is 4. The van der Waals surface area contributed by atoms with Crippen molar-refractivity contribution in [1.82, 2.24) is 0 Å². The molecule has 0 bridgehead atoms. The minimum absolute atomic E-state index is 0.0628. The minimum Gasteiger partial charge on any atom is -0.462 e. The molecule has 0 spiro atoms. The molecule has 0 aliphatic heterocycles. The van der Waals surface area contributed by atoms with Crippen LogP contribution in [0.5, 0.6) is 0 Å². The van der Waals surface area contributed by atoms with Crippen LogP contribution in [-0.4, -0.2) is 96.7 Å². The van der Waals surface area contributed by atoms with Gasteiger partial charge >= 0.3 is 39.5 Å². The first kappa shape index (κ1) is 97.2. The van der Waals surface area contributed by atoms with Gasteiger partial charge < -0.3 is 33.8 Å². The third kappa shape index (κ3) is 73.5. The quantitative estimate of drug-likeness (QED) is 0.0169. The summed E-state index contributed by atoms with van der Waals surface area (Å²) in [7, 11) is -9.99. The lowest BCUT2D eigenvalue weighted by molar-refractivity contribution is -0.161. The lowest BCUT2D eigenvalue weighted by Crippen LogP contribution is -2.30. The molecule has 102 heavy (non-hydrogen) atoms. The van der Waals surface area contributed by atoms with Gasteiger partial charge in [0.1, 0.15) is 19.3 Å². The topological polar surface area (TPSA) is 237 Å². The Hall–Kier alpha value is -4.80. The van der Waals surface area contributed by atoms with E-state index in [0.29, 0.717) is 25.7 Å². The van der Waals surface area contributed by atoms with E-state index in [0.717, 1.165) is 167 Å². The van der Waals surface area contributed by atoms with Crippen LogP contribution in [0.2, 0.25) is 0 Å². The van der Waals surface area contributed by atoms with Crippen LogP contribution in [0.1, 0.15) is 310 Å². The van der Waals surface area contributed by atoms with Crippen molar-refractivity contribution in [1.29, 1.82) is 0 Å². The fraction of sp³-hybridized carbons (Fsp3) is 0.687. The number of ether oxygens (including phenoxy) is 4. The van der Waals surface area contributed by atoms with Crippen molar-refractivity contribution in [2.24, 2.45) is 0 Å². The van der Waals surface area contributed by atoms with Gasteiger partial charge in [-0.1, -0.05) is 277 Å². The lowest BCUT2D eigenvalue weighted by Gasteiger charge is -2.21. The number of unbranched alkanes of at least 4 members (excludes halogenated alkanes) is 26. The number of aliphatic hydroxyl groups is 1. The van der Waals surface area contributed by atoms with E-state index in [9.17, 15) is 43.2 Å². The molecular weight excluding hydrogens is 1330 g/mol. The molecular formula is C83H140O17P2. The molecule has 0 heterocycles. The standard InChI is InChI=1S/C83H140O17P2/c1-5-9-13-17-21-25-29-33-36-37-38-39-42-45-48-52-56-60-64-68-81(86)94-74-79(100-83(88)70-66-62-58-54-50-46-41-35-31-27-23-19-15-11-7-3)76-98-102(91,92)96-72-77(84)71-95-101(89,90)97-75-78(99-82(87)69-65-61-57-53-49-43-32-28-24-20-16-12-8-4)73-93-80(85)67-63-59-55-51-47-44-40-34-30-26-22-18-14-10-6-2/h9-10,13-14,21-22,25-26,28,32-36,38-41,47,51,59,63,77-79,84H,5-8,11-12,15-20,23-24,27,29-31,37,42-46,48-50,52-58,60-62,64-76H2,1-4H3,(H,89,90)(H,91,92)/b13-9-,14-10-,25-21-,26-22-,32-28-,36-33-,39-38-,40-34-,41-35-,51-47-,63-59-. The van der Waals surface area contributed by atoms with Gasteiger partial charge in [0, 0.05) is 19.3 Å². The number of carbonyl (C=O) groups excluding carboxylic acids is 4. The Balaban J connectivity index is 5.43. The molecule has 0 saturated heterocycles. The molecule has 0 aromatic heterocycles. The number of phosphoric acid groups is 2. The van der Waals surface area contributed by atoms with Gasteiger partial charge in [-0.3, -0.25) is 37.3 Å². The van der Waals surface area contributed by atoms with Crippen molar-refractivity contribution in [3.63, 3.8) is 0 Å². The molecule has 3 N–H and O–H groups in total. The number of phosphoric ester groups is 2. The van der Waals surface area contributed by atoms with Gasteiger partial charge in [0.25, 0.3) is 0 Å². The number of allylic oxidation sites excluding steroid dienone is 21. The average molecular weight is 1470 g/mol. The second-order valence-electron chi connectivity index (χ2n) is 25.9. The van der Waals surface area contributed by atoms with Crippen molar-refractivity contribution in [2.75, 3.05) is 39.6 Å². The summed E-state index contributed by atoms with van der Waals surface area (Å²) in [5.74, 6) is -2.36. The fourth-order valence-corrected chi connectivity index (χ4v) is 11.7. The van der Waals surface area contributed by atoms with Crippen molar-refractivity contribution >= 4 is 39.5 Å². The Morgan fingerprint density at radius 2 is 0.549 bits per heavy atom. The normalized spacial score (nSPS) is 14.6. The summed E-state index contributed by atoms with van der Waals surface area (Å²) >= 11 is 0. The molecule has 0 saturated carbocycles. The maximum atomic E-state index is 13.1. The van der Waals surface area contributed by atoms with Crippen LogP contribution in [0.4, 0.5) is 0 Å². The molecule has 5 unspecified atom stereocenters. The number of aliphatic hydroxyl groups excluding tert-OH is 1. The van der Waals surface area contributed by atoms with E-state index in [4.69, 9.17) is 37.0 Å². The molecule has 0 aromatic rings. The first-order chi connectivity index (χ1) is 49.7. The molecule has 584 valence electrons. The third-order valence-electron chi connectivity index (χ3n) is 16.1. The van der Waals surface area contributed by atoms with Crippen molar-refractivity contribution < 1.29 is 80.2 Å². The monoisotopic (exact) mass is 1470 g/mol. The second-order valence-corrected chi connectivity index (χ2v) is 28.8. The van der Waals surface area contributed by atoms with E-state index in [1.54, 1.807) is 6.08 Å². The summed E-state index contributed by atoms with van der Waals surface area (Å²) in [6.45, 7) is 4.49. The highest BCUT2D eigenvalue weighted by Gasteiger charge is 2.30. The zero-order valence-corrected chi connectivity index (χ0v) is 65.5. The molecule has 17 nitrogen and oxygen atoms in total. The summed E-state index contributed by atoms with van der Waals surface area (Å²) in [6, 6.07) is 0. The number of hydrogen-bond acceptors (Lipinski definition) is 15. The molecule has 19 heteroatoms. The Labute approximate surface area is 618 Å². The van der Waals surface area contributed by atoms with E-state index in [-0.39, 0.29) is 25.7 Å². The van der Waals surface area contributed by atoms with E-state index >= 15 is 0 Å². The molecule has 0 amide bonds. The second kappa shape index (κ2) is 74.5. The Morgan fingerprint density at radius 1 is 0.294 bits per heavy atom. The molecule has 0 aromatic carbocycles. The summed E-state index contributed by atoms with van der Waals surface area (Å²) in [4.78, 5) is 72.9. The zero-order valence-electron chi connectivity index (χ0n) is 63.7. The highest BCUT2D eigenvalue weighted by atomic mass is 31.2. The highest BCUT2D eigenvalue weighted by Crippen LogP contribution is 2.45. The summed E-state index contributed by atoms with van der Waals surface area (Å²) in [5, 5.41) is 10.6. The van der Waals surface area contributed by atoms with Crippen molar-refractivity contribution in [2.45, 2.75) is 329 Å². The summed E-state index contributed by atoms with van der Waals surface area (Å²) in [5.41, 5.74) is 0. The SMILES string of the molecule is CC/C=C\C/C=C\C/C=C\C/C=C\C/C=C\CC(=O)OCC(COP(=O)(O)OCC(O)COP(=O)(O)OCC(COC(=O)CCCCCCCC/C=C\C/C=C\C/C=C\C/C=C\CC)OC(=O)CCCCCCC/C=C\CCCCCCCC)OC(=O)CCCCCCC/C=C\CCCCCC. The van der Waals surface area contributed by atoms with E-state index in [1.807, 2.05) is 18.2 Å². The van der Waals surface area contributed by atoms with E-state index in [1.165, 1.54) is 64.2 Å². The van der Waals surface area contributed by atoms with Crippen molar-refractivity contribution in [3.05, 3.63) is 134 Å². The fourth-order valence-electron chi connectivity index (χ4n) is 10.2. The van der Waals surface area contributed by atoms with Crippen LogP contribution < -0.4 is 0 Å². The van der Waals surface area contributed by atoms with Crippen LogP contribution >= 0.6 is 15.6 Å². The van der Waals surface area contributed by atoms with Gasteiger partial charge in [-0.2, -0.15) is 0 Å². The Bertz CT molecular complexity index is 2460. The molecule has 5 atom stereocenters. The van der Waals surface area contributed by atoms with E-state index in [2.05, 4.69) is 137 Å². The lowest BCUT2D eigenvalue weighted by atomic mass is 10.1. The maximum Gasteiger partial charge on any atom is 0.472 e. The number of carbonyl (C=O) groups is 4. The van der Waals surface area contributed by atoms with Gasteiger partial charge in [-0.05, 0) is 141 Å². The first-order valence-electron chi connectivity index (χ1n) is 39.4. The zero-order chi connectivity index (χ0) is 74.6. The van der Waals surface area contributed by atoms with Crippen LogP contribution in [0.25, 0.3) is 0 Å². The smallest absolute Gasteiger partial charge is 0.462 e. The molecule has 0 fully saturated rings. The van der Waals surface area contributed by atoms with Gasteiger partial charge in [0.2, 0.25) is 0 Å². The molecule has 0 aliphatic carbocycles. The number of hydrogen-bond donors (Lipinski definition) is 3. The van der Waals surface area contributed by atoms with Crippen LogP contribution in [0, 0.1) is 0 Å². The van der Waals surface area contributed by atoms with Crippen LogP contribution in [0.15, 0.2) is 134 Å². The Morgan fingerprint density at radius 3 is 0.892 bits per heavy atom. The summed E-state index contributed by atoms with van der Waals surface area (Å²) < 4.78 is 68.4. The first-order valence-corrected chi connectivity index (χ1v) is 42.4. The predicted octanol–water partition coefficient (Wildman–Crippen LogP) is 22.9. The predicted molar refractivity (Wildman–Crippen MR) is 418 cm³/mol. The Kier molecular flexibility index (Phi) is 71.0. The van der Waals surface area contributed by atoms with Crippen molar-refractivity contribution in [3.8, 4) is 0 Å².